The average Bonchev–Trinajstić information content (AvgIpc) is 3.01. The summed E-state index contributed by atoms with van der Waals surface area (Å²) in [5, 5.41) is 7.71. The third-order valence-electron chi connectivity index (χ3n) is 3.91. The van der Waals surface area contributed by atoms with Gasteiger partial charge in [-0.3, -0.25) is 9.59 Å². The molecule has 7 heteroatoms. The van der Waals surface area contributed by atoms with Crippen molar-refractivity contribution in [1.82, 2.24) is 20.0 Å². The van der Waals surface area contributed by atoms with E-state index in [1.54, 1.807) is 28.9 Å². The lowest BCUT2D eigenvalue weighted by atomic mass is 10.1. The standard InChI is InChI=1S/C16H17ClN4O2/c1-20-10-12(6-7-15(20)22)19-16(23)11-8-18-21(9-11)14-5-3-2-4-13(14)17/h2-5,8-9,12H,6-7,10H2,1H3,(H,19,23). The van der Waals surface area contributed by atoms with Crippen LogP contribution in [0.5, 0.6) is 0 Å². The Morgan fingerprint density at radius 2 is 2.17 bits per heavy atom. The van der Waals surface area contributed by atoms with Gasteiger partial charge in [-0.05, 0) is 18.6 Å². The second-order valence-electron chi connectivity index (χ2n) is 5.61. The first-order valence-electron chi connectivity index (χ1n) is 7.39. The molecule has 0 bridgehead atoms. The molecular weight excluding hydrogens is 316 g/mol. The van der Waals surface area contributed by atoms with Gasteiger partial charge in [-0.15, -0.1) is 0 Å². The zero-order valence-corrected chi connectivity index (χ0v) is 13.5. The zero-order chi connectivity index (χ0) is 16.4. The molecule has 1 N–H and O–H groups in total. The van der Waals surface area contributed by atoms with E-state index in [2.05, 4.69) is 10.4 Å². The first kappa shape index (κ1) is 15.6. The molecule has 120 valence electrons. The Hall–Kier alpha value is -2.34. The Balaban J connectivity index is 1.70. The molecule has 0 saturated carbocycles. The number of nitrogens with one attached hydrogen (secondary N) is 1. The van der Waals surface area contributed by atoms with Crippen LogP contribution in [0.3, 0.4) is 0 Å². The van der Waals surface area contributed by atoms with Crippen LogP contribution in [0, 0.1) is 0 Å². The summed E-state index contributed by atoms with van der Waals surface area (Å²) < 4.78 is 1.58. The highest BCUT2D eigenvalue weighted by Gasteiger charge is 2.24. The fourth-order valence-electron chi connectivity index (χ4n) is 2.61. The molecule has 1 aromatic heterocycles. The first-order valence-corrected chi connectivity index (χ1v) is 7.77. The lowest BCUT2D eigenvalue weighted by Crippen LogP contribution is -2.48. The van der Waals surface area contributed by atoms with Gasteiger partial charge in [0.15, 0.2) is 0 Å². The number of hydrogen-bond acceptors (Lipinski definition) is 3. The summed E-state index contributed by atoms with van der Waals surface area (Å²) in [5.41, 5.74) is 1.18. The highest BCUT2D eigenvalue weighted by Crippen LogP contribution is 2.19. The van der Waals surface area contributed by atoms with Crippen molar-refractivity contribution in [2.45, 2.75) is 18.9 Å². The number of rotatable bonds is 3. The molecule has 23 heavy (non-hydrogen) atoms. The van der Waals surface area contributed by atoms with E-state index >= 15 is 0 Å². The van der Waals surface area contributed by atoms with Gasteiger partial charge < -0.3 is 10.2 Å². The SMILES string of the molecule is CN1CC(NC(=O)c2cnn(-c3ccccc3Cl)c2)CCC1=O. The van der Waals surface area contributed by atoms with Crippen LogP contribution in [0.15, 0.2) is 36.7 Å². The number of benzene rings is 1. The number of carbonyl (C=O) groups excluding carboxylic acids is 2. The van der Waals surface area contributed by atoms with Crippen molar-refractivity contribution >= 4 is 23.4 Å². The Bertz CT molecular complexity index is 743. The molecule has 0 aliphatic carbocycles. The van der Waals surface area contributed by atoms with Gasteiger partial charge in [0.05, 0.1) is 22.5 Å². The van der Waals surface area contributed by atoms with Crippen LogP contribution in [-0.4, -0.2) is 46.1 Å². The highest BCUT2D eigenvalue weighted by atomic mass is 35.5. The maximum absolute atomic E-state index is 12.3. The van der Waals surface area contributed by atoms with E-state index in [-0.39, 0.29) is 17.9 Å². The number of halogens is 1. The van der Waals surface area contributed by atoms with Crippen LogP contribution in [-0.2, 0) is 4.79 Å². The van der Waals surface area contributed by atoms with Crippen LogP contribution in [0.2, 0.25) is 5.02 Å². The van der Waals surface area contributed by atoms with Crippen molar-refractivity contribution in [3.8, 4) is 5.69 Å². The molecule has 2 heterocycles. The van der Waals surface area contributed by atoms with E-state index in [9.17, 15) is 9.59 Å². The topological polar surface area (TPSA) is 67.2 Å². The number of likely N-dealkylation sites (tertiary alicyclic amines) is 1. The van der Waals surface area contributed by atoms with Gasteiger partial charge in [0.2, 0.25) is 5.91 Å². The van der Waals surface area contributed by atoms with Crippen LogP contribution < -0.4 is 5.32 Å². The van der Waals surface area contributed by atoms with Crippen LogP contribution in [0.4, 0.5) is 0 Å². The first-order chi connectivity index (χ1) is 11.0. The minimum atomic E-state index is -0.198. The Kier molecular flexibility index (Phi) is 4.34. The Morgan fingerprint density at radius 3 is 2.91 bits per heavy atom. The molecule has 2 aromatic rings. The molecule has 0 spiro atoms. The molecule has 1 aliphatic heterocycles. The number of likely N-dealkylation sites (N-methyl/N-ethyl adjacent to an activating group) is 1. The van der Waals surface area contributed by atoms with E-state index in [1.165, 1.54) is 6.20 Å². The number of piperidine rings is 1. The average molecular weight is 333 g/mol. The van der Waals surface area contributed by atoms with Gasteiger partial charge >= 0.3 is 0 Å². The van der Waals surface area contributed by atoms with Gasteiger partial charge in [-0.25, -0.2) is 4.68 Å². The minimum Gasteiger partial charge on any atom is -0.347 e. The van der Waals surface area contributed by atoms with Crippen molar-refractivity contribution in [1.29, 1.82) is 0 Å². The summed E-state index contributed by atoms with van der Waals surface area (Å²) in [5.74, 6) is -0.0851. The normalized spacial score (nSPS) is 18.1. The lowest BCUT2D eigenvalue weighted by Gasteiger charge is -2.29. The van der Waals surface area contributed by atoms with E-state index in [4.69, 9.17) is 11.6 Å². The van der Waals surface area contributed by atoms with E-state index in [0.717, 1.165) is 5.69 Å². The third kappa shape index (κ3) is 3.37. The summed E-state index contributed by atoms with van der Waals surface area (Å²) >= 11 is 6.13. The van der Waals surface area contributed by atoms with E-state index in [1.807, 2.05) is 18.2 Å². The highest BCUT2D eigenvalue weighted by molar-refractivity contribution is 6.32. The molecule has 3 rings (SSSR count). The van der Waals surface area contributed by atoms with Gasteiger partial charge in [-0.2, -0.15) is 5.10 Å². The fourth-order valence-corrected chi connectivity index (χ4v) is 2.83. The predicted octanol–water partition coefficient (Wildman–Crippen LogP) is 1.88. The Labute approximate surface area is 139 Å². The number of carbonyl (C=O) groups is 2. The number of nitrogens with zero attached hydrogens (tertiary/aromatic N) is 3. The fraction of sp³-hybridized carbons (Fsp3) is 0.312. The van der Waals surface area contributed by atoms with Gasteiger partial charge in [0.1, 0.15) is 0 Å². The van der Waals surface area contributed by atoms with Gasteiger partial charge in [0.25, 0.3) is 5.91 Å². The molecule has 1 aromatic carbocycles. The second-order valence-corrected chi connectivity index (χ2v) is 6.02. The number of aromatic nitrogens is 2. The summed E-state index contributed by atoms with van der Waals surface area (Å²) in [7, 11) is 1.75. The lowest BCUT2D eigenvalue weighted by molar-refractivity contribution is -0.132. The van der Waals surface area contributed by atoms with Crippen molar-refractivity contribution in [3.05, 3.63) is 47.2 Å². The molecule has 1 fully saturated rings. The second kappa shape index (κ2) is 6.42. The van der Waals surface area contributed by atoms with Gasteiger partial charge in [-0.1, -0.05) is 23.7 Å². The number of para-hydroxylation sites is 1. The van der Waals surface area contributed by atoms with E-state index < -0.39 is 0 Å². The maximum Gasteiger partial charge on any atom is 0.254 e. The van der Waals surface area contributed by atoms with E-state index in [0.29, 0.717) is 30.0 Å². The molecule has 6 nitrogen and oxygen atoms in total. The smallest absolute Gasteiger partial charge is 0.254 e. The summed E-state index contributed by atoms with van der Waals surface area (Å²) in [6.45, 7) is 0.531. The molecular formula is C16H17ClN4O2. The third-order valence-corrected chi connectivity index (χ3v) is 4.23. The molecule has 1 unspecified atom stereocenters. The number of amides is 2. The molecule has 1 saturated heterocycles. The summed E-state index contributed by atoms with van der Waals surface area (Å²) in [6.07, 6.45) is 4.28. The zero-order valence-electron chi connectivity index (χ0n) is 12.7. The monoisotopic (exact) mass is 332 g/mol. The predicted molar refractivity (Wildman–Crippen MR) is 86.7 cm³/mol. The van der Waals surface area contributed by atoms with Crippen molar-refractivity contribution in [3.63, 3.8) is 0 Å². The molecule has 1 aliphatic rings. The summed E-state index contributed by atoms with van der Waals surface area (Å²) in [6, 6.07) is 7.27. The molecule has 2 amide bonds. The Morgan fingerprint density at radius 1 is 1.39 bits per heavy atom. The van der Waals surface area contributed by atoms with Crippen LogP contribution in [0.1, 0.15) is 23.2 Å². The van der Waals surface area contributed by atoms with Crippen molar-refractivity contribution in [2.24, 2.45) is 0 Å². The van der Waals surface area contributed by atoms with Gasteiger partial charge in [0, 0.05) is 32.3 Å². The minimum absolute atomic E-state index is 0.0335. The van der Waals surface area contributed by atoms with Crippen LogP contribution >= 0.6 is 11.6 Å². The maximum atomic E-state index is 12.3. The van der Waals surface area contributed by atoms with Crippen LogP contribution in [0.25, 0.3) is 5.69 Å². The summed E-state index contributed by atoms with van der Waals surface area (Å²) in [4.78, 5) is 25.4. The van der Waals surface area contributed by atoms with Crippen molar-refractivity contribution < 1.29 is 9.59 Å². The molecule has 1 atom stereocenters. The number of hydrogen-bond donors (Lipinski definition) is 1. The molecule has 0 radical (unpaired) electrons. The van der Waals surface area contributed by atoms with Crippen molar-refractivity contribution in [2.75, 3.05) is 13.6 Å². The largest absolute Gasteiger partial charge is 0.347 e. The quantitative estimate of drug-likeness (QED) is 0.933.